The molecule has 0 aliphatic heterocycles. The summed E-state index contributed by atoms with van der Waals surface area (Å²) in [5.41, 5.74) is 1.12. The predicted octanol–water partition coefficient (Wildman–Crippen LogP) is 2.77. The summed E-state index contributed by atoms with van der Waals surface area (Å²) < 4.78 is 0. The molecule has 1 unspecified atom stereocenters. The van der Waals surface area contributed by atoms with Crippen molar-refractivity contribution in [2.45, 2.75) is 46.7 Å². The fourth-order valence-corrected chi connectivity index (χ4v) is 2.75. The number of likely N-dealkylation sites (N-methyl/N-ethyl adjacent to an activating group) is 1. The Labute approximate surface area is 156 Å². The molecule has 0 amide bonds. The number of rotatable bonds is 7. The monoisotopic (exact) mass is 439 g/mol. The second-order valence-corrected chi connectivity index (χ2v) is 6.63. The van der Waals surface area contributed by atoms with Crippen LogP contribution in [0.3, 0.4) is 0 Å². The van der Waals surface area contributed by atoms with Gasteiger partial charge in [0.15, 0.2) is 5.96 Å². The van der Waals surface area contributed by atoms with Crippen LogP contribution in [0.15, 0.2) is 4.99 Å². The van der Waals surface area contributed by atoms with E-state index in [1.807, 2.05) is 6.92 Å². The molecule has 128 valence electrons. The van der Waals surface area contributed by atoms with Crippen LogP contribution >= 0.6 is 35.3 Å². The Bertz CT molecular complexity index is 441. The van der Waals surface area contributed by atoms with Crippen LogP contribution in [0, 0.1) is 13.8 Å². The van der Waals surface area contributed by atoms with Crippen molar-refractivity contribution >= 4 is 41.3 Å². The number of thiazole rings is 1. The Morgan fingerprint density at radius 2 is 2.05 bits per heavy atom. The molecule has 0 saturated carbocycles. The summed E-state index contributed by atoms with van der Waals surface area (Å²) in [6, 6.07) is 0.614. The summed E-state index contributed by atoms with van der Waals surface area (Å²) in [7, 11) is 3.96. The van der Waals surface area contributed by atoms with Crippen LogP contribution in [-0.2, 0) is 6.54 Å². The molecule has 5 nitrogen and oxygen atoms in total. The van der Waals surface area contributed by atoms with E-state index in [0.29, 0.717) is 6.04 Å². The third-order valence-corrected chi connectivity index (χ3v) is 4.88. The number of aryl methyl sites for hydroxylation is 2. The maximum Gasteiger partial charge on any atom is 0.191 e. The predicted molar refractivity (Wildman–Crippen MR) is 108 cm³/mol. The van der Waals surface area contributed by atoms with Gasteiger partial charge in [-0.05, 0) is 34.2 Å². The molecule has 0 spiro atoms. The van der Waals surface area contributed by atoms with Crippen molar-refractivity contribution in [2.75, 3.05) is 27.2 Å². The molecule has 2 N–H and O–H groups in total. The third-order valence-electron chi connectivity index (χ3n) is 3.80. The molecule has 0 radical (unpaired) electrons. The second-order valence-electron chi connectivity index (χ2n) is 5.34. The highest BCUT2D eigenvalue weighted by Crippen LogP contribution is 2.15. The molecular formula is C15H30IN5S. The minimum atomic E-state index is 0. The summed E-state index contributed by atoms with van der Waals surface area (Å²) in [4.78, 5) is 12.4. The molecule has 1 aromatic rings. The van der Waals surface area contributed by atoms with E-state index in [2.05, 4.69) is 53.3 Å². The first kappa shape index (κ1) is 21.6. The molecular weight excluding hydrogens is 409 g/mol. The van der Waals surface area contributed by atoms with E-state index in [4.69, 9.17) is 0 Å². The minimum Gasteiger partial charge on any atom is -0.355 e. The van der Waals surface area contributed by atoms with Crippen LogP contribution in [0.2, 0.25) is 0 Å². The van der Waals surface area contributed by atoms with Gasteiger partial charge in [-0.2, -0.15) is 0 Å². The van der Waals surface area contributed by atoms with E-state index < -0.39 is 0 Å². The molecule has 0 aromatic carbocycles. The lowest BCUT2D eigenvalue weighted by Gasteiger charge is -2.23. The quantitative estimate of drug-likeness (QED) is 0.390. The Morgan fingerprint density at radius 3 is 2.55 bits per heavy atom. The van der Waals surface area contributed by atoms with Gasteiger partial charge in [-0.15, -0.1) is 35.3 Å². The third kappa shape index (κ3) is 7.23. The van der Waals surface area contributed by atoms with E-state index in [1.165, 1.54) is 11.3 Å². The van der Waals surface area contributed by atoms with Gasteiger partial charge in [0.05, 0.1) is 12.2 Å². The van der Waals surface area contributed by atoms with Crippen LogP contribution in [0.1, 0.15) is 35.8 Å². The van der Waals surface area contributed by atoms with Crippen molar-refractivity contribution in [1.82, 2.24) is 20.5 Å². The first-order chi connectivity index (χ1) is 9.97. The first-order valence-corrected chi connectivity index (χ1v) is 8.37. The van der Waals surface area contributed by atoms with E-state index >= 15 is 0 Å². The zero-order valence-corrected chi connectivity index (χ0v) is 17.7. The summed E-state index contributed by atoms with van der Waals surface area (Å²) >= 11 is 1.74. The normalized spacial score (nSPS) is 13.0. The smallest absolute Gasteiger partial charge is 0.191 e. The highest BCUT2D eigenvalue weighted by molar-refractivity contribution is 14.0. The minimum absolute atomic E-state index is 0. The number of nitrogens with one attached hydrogen (secondary N) is 2. The zero-order chi connectivity index (χ0) is 15.8. The lowest BCUT2D eigenvalue weighted by molar-refractivity contribution is 0.255. The fourth-order valence-electron chi connectivity index (χ4n) is 1.88. The average Bonchev–Trinajstić information content (AvgIpc) is 2.80. The van der Waals surface area contributed by atoms with Crippen molar-refractivity contribution in [3.05, 3.63) is 15.6 Å². The van der Waals surface area contributed by atoms with Gasteiger partial charge >= 0.3 is 0 Å². The van der Waals surface area contributed by atoms with Crippen LogP contribution in [-0.4, -0.2) is 49.1 Å². The van der Waals surface area contributed by atoms with Crippen molar-refractivity contribution in [1.29, 1.82) is 0 Å². The first-order valence-electron chi connectivity index (χ1n) is 7.55. The van der Waals surface area contributed by atoms with Crippen molar-refractivity contribution in [3.63, 3.8) is 0 Å². The SMILES string of the molecule is CCC(C)N(C)CCNC(=NC)NCc1nc(C)c(C)s1.I. The molecule has 1 rings (SSSR count). The molecule has 22 heavy (non-hydrogen) atoms. The van der Waals surface area contributed by atoms with Crippen molar-refractivity contribution in [2.24, 2.45) is 4.99 Å². The summed E-state index contributed by atoms with van der Waals surface area (Å²) in [5.74, 6) is 0.832. The van der Waals surface area contributed by atoms with Gasteiger partial charge in [0.2, 0.25) is 0 Å². The van der Waals surface area contributed by atoms with Gasteiger partial charge in [0.25, 0.3) is 0 Å². The number of nitrogens with zero attached hydrogens (tertiary/aromatic N) is 3. The molecule has 1 heterocycles. The van der Waals surface area contributed by atoms with Crippen LogP contribution < -0.4 is 10.6 Å². The molecule has 0 fully saturated rings. The van der Waals surface area contributed by atoms with Gasteiger partial charge < -0.3 is 15.5 Å². The van der Waals surface area contributed by atoms with Gasteiger partial charge in [0, 0.05) is 31.1 Å². The van der Waals surface area contributed by atoms with Gasteiger partial charge in [-0.25, -0.2) is 4.98 Å². The largest absolute Gasteiger partial charge is 0.355 e. The fraction of sp³-hybridized carbons (Fsp3) is 0.733. The number of halogens is 1. The topological polar surface area (TPSA) is 52.5 Å². The van der Waals surface area contributed by atoms with Gasteiger partial charge in [-0.1, -0.05) is 6.92 Å². The average molecular weight is 439 g/mol. The van der Waals surface area contributed by atoms with E-state index in [0.717, 1.165) is 36.3 Å². The maximum atomic E-state index is 4.52. The van der Waals surface area contributed by atoms with Crippen molar-refractivity contribution in [3.8, 4) is 0 Å². The standard InChI is InChI=1S/C15H29N5S.HI/c1-7-11(2)20(6)9-8-17-15(16-5)18-10-14-19-12(3)13(4)21-14;/h11H,7-10H2,1-6H3,(H2,16,17,18);1H. The summed E-state index contributed by atoms with van der Waals surface area (Å²) in [6.07, 6.45) is 1.17. The number of hydrogen-bond donors (Lipinski definition) is 2. The Hall–Kier alpha value is -0.410. The number of hydrogen-bond acceptors (Lipinski definition) is 4. The molecule has 0 saturated heterocycles. The molecule has 1 atom stereocenters. The Kier molecular flexibility index (Phi) is 11.0. The molecule has 0 bridgehead atoms. The van der Waals surface area contributed by atoms with Gasteiger partial charge in [0.1, 0.15) is 5.01 Å². The van der Waals surface area contributed by atoms with Crippen LogP contribution in [0.5, 0.6) is 0 Å². The van der Waals surface area contributed by atoms with Crippen LogP contribution in [0.4, 0.5) is 0 Å². The highest BCUT2D eigenvalue weighted by Gasteiger charge is 2.07. The Balaban J connectivity index is 0.00000441. The molecule has 0 aliphatic rings. The Morgan fingerprint density at radius 1 is 1.36 bits per heavy atom. The molecule has 1 aromatic heterocycles. The number of aliphatic imine (C=N–C) groups is 1. The lowest BCUT2D eigenvalue weighted by atomic mass is 10.2. The lowest BCUT2D eigenvalue weighted by Crippen LogP contribution is -2.42. The van der Waals surface area contributed by atoms with Crippen LogP contribution in [0.25, 0.3) is 0 Å². The second kappa shape index (κ2) is 11.2. The van der Waals surface area contributed by atoms with E-state index in [1.54, 1.807) is 18.4 Å². The molecule has 0 aliphatic carbocycles. The molecule has 7 heteroatoms. The van der Waals surface area contributed by atoms with Crippen molar-refractivity contribution < 1.29 is 0 Å². The summed E-state index contributed by atoms with van der Waals surface area (Å²) in [5, 5.41) is 7.76. The number of aromatic nitrogens is 1. The van der Waals surface area contributed by atoms with E-state index in [-0.39, 0.29) is 24.0 Å². The number of guanidine groups is 1. The van der Waals surface area contributed by atoms with E-state index in [9.17, 15) is 0 Å². The maximum absolute atomic E-state index is 4.52. The summed E-state index contributed by atoms with van der Waals surface area (Å²) in [6.45, 7) is 11.2. The van der Waals surface area contributed by atoms with Gasteiger partial charge in [-0.3, -0.25) is 4.99 Å². The highest BCUT2D eigenvalue weighted by atomic mass is 127. The zero-order valence-electron chi connectivity index (χ0n) is 14.6.